The molecule has 0 bridgehead atoms. The molecule has 1 aromatic carbocycles. The molecule has 0 spiro atoms. The van der Waals surface area contributed by atoms with Crippen LogP contribution in [-0.2, 0) is 18.6 Å². The molecule has 0 atom stereocenters. The van der Waals surface area contributed by atoms with E-state index in [1.165, 1.54) is 6.08 Å². The van der Waals surface area contributed by atoms with E-state index in [0.29, 0.717) is 28.5 Å². The van der Waals surface area contributed by atoms with E-state index in [-0.39, 0.29) is 20.0 Å². The van der Waals surface area contributed by atoms with E-state index < -0.39 is 0 Å². The van der Waals surface area contributed by atoms with Gasteiger partial charge in [-0.2, -0.15) is 4.98 Å². The van der Waals surface area contributed by atoms with Crippen molar-refractivity contribution in [3.63, 3.8) is 0 Å². The number of nitrogens with zero attached hydrogens (tertiary/aromatic N) is 7. The fourth-order valence-electron chi connectivity index (χ4n) is 4.77. The number of hydrogen-bond acceptors (Lipinski definition) is 9. The Labute approximate surface area is 245 Å². The van der Waals surface area contributed by atoms with Gasteiger partial charge in [-0.05, 0) is 44.4 Å². The summed E-state index contributed by atoms with van der Waals surface area (Å²) in [6, 6.07) is 9.56. The Morgan fingerprint density at radius 1 is 1.12 bits per heavy atom. The summed E-state index contributed by atoms with van der Waals surface area (Å²) in [4.78, 5) is 30.7. The number of carbonyl (C=O) groups is 1. The molecule has 0 fully saturated rings. The Kier molecular flexibility index (Phi) is 8.09. The molecule has 0 saturated carbocycles. The summed E-state index contributed by atoms with van der Waals surface area (Å²) in [5.41, 5.74) is 4.79. The summed E-state index contributed by atoms with van der Waals surface area (Å²) in [6.07, 6.45) is 6.74. The number of rotatable bonds is 11. The Morgan fingerprint density at radius 2 is 1.93 bits per heavy atom. The molecular weight excluding hydrogens is 534 g/mol. The molecule has 220 valence electrons. The normalized spacial score (nSPS) is 11.3. The molecule has 0 aliphatic heterocycles. The van der Waals surface area contributed by atoms with Gasteiger partial charge in [-0.1, -0.05) is 6.58 Å². The molecule has 0 saturated heterocycles. The Bertz CT molecular complexity index is 1780. The van der Waals surface area contributed by atoms with Crippen LogP contribution in [0.1, 0.15) is 1.43 Å². The van der Waals surface area contributed by atoms with Gasteiger partial charge in [0.15, 0.2) is 0 Å². The quantitative estimate of drug-likeness (QED) is 0.201. The summed E-state index contributed by atoms with van der Waals surface area (Å²) in [7, 11) is 9.51. The number of aliphatic hydroxyl groups excluding tert-OH is 1. The van der Waals surface area contributed by atoms with Gasteiger partial charge in [0, 0.05) is 69.6 Å². The van der Waals surface area contributed by atoms with Crippen molar-refractivity contribution in [2.75, 3.05) is 56.9 Å². The van der Waals surface area contributed by atoms with E-state index in [0.717, 1.165) is 40.8 Å². The molecule has 12 heteroatoms. The summed E-state index contributed by atoms with van der Waals surface area (Å²) in [5.74, 6) is 0.485. The molecule has 5 rings (SSSR count). The second-order valence-electron chi connectivity index (χ2n) is 10.2. The van der Waals surface area contributed by atoms with Crippen molar-refractivity contribution in [3.05, 3.63) is 61.6 Å². The van der Waals surface area contributed by atoms with Crippen molar-refractivity contribution < 1.29 is 16.1 Å². The summed E-state index contributed by atoms with van der Waals surface area (Å²) in [5, 5.41) is 17.9. The first-order valence-corrected chi connectivity index (χ1v) is 13.4. The summed E-state index contributed by atoms with van der Waals surface area (Å²) < 4.78 is 9.35. The van der Waals surface area contributed by atoms with E-state index in [1.807, 2.05) is 68.1 Å². The SMILES string of the molecule is C=CC(=O)Nc1cc(Nc2nc(-c3cnc4c(ccn4C)c3)c3ccn(CO)c3n2)c(OC)cc1N(C)CCN(C)C.[HH]. The van der Waals surface area contributed by atoms with Crippen molar-refractivity contribution in [1.82, 2.24) is 29.0 Å². The maximum atomic E-state index is 12.4. The lowest BCUT2D eigenvalue weighted by Crippen LogP contribution is -2.29. The van der Waals surface area contributed by atoms with Crippen molar-refractivity contribution in [1.29, 1.82) is 0 Å². The molecule has 4 heterocycles. The van der Waals surface area contributed by atoms with Crippen LogP contribution in [0.25, 0.3) is 33.3 Å². The van der Waals surface area contributed by atoms with Gasteiger partial charge in [0.25, 0.3) is 0 Å². The third-order valence-electron chi connectivity index (χ3n) is 7.05. The molecule has 0 unspecified atom stereocenters. The predicted octanol–water partition coefficient (Wildman–Crippen LogP) is 4.06. The number of aromatic nitrogens is 5. The highest BCUT2D eigenvalue weighted by atomic mass is 16.5. The number of hydrogen-bond donors (Lipinski definition) is 3. The number of amides is 1. The van der Waals surface area contributed by atoms with Crippen molar-refractivity contribution in [2.45, 2.75) is 6.73 Å². The zero-order valence-corrected chi connectivity index (χ0v) is 24.4. The van der Waals surface area contributed by atoms with Gasteiger partial charge in [-0.25, -0.2) is 9.97 Å². The molecule has 4 aromatic heterocycles. The smallest absolute Gasteiger partial charge is 0.247 e. The molecule has 0 radical (unpaired) electrons. The minimum Gasteiger partial charge on any atom is -0.494 e. The van der Waals surface area contributed by atoms with Crippen LogP contribution in [0.2, 0.25) is 0 Å². The lowest BCUT2D eigenvalue weighted by molar-refractivity contribution is -0.111. The van der Waals surface area contributed by atoms with Gasteiger partial charge in [0.2, 0.25) is 11.9 Å². The lowest BCUT2D eigenvalue weighted by Gasteiger charge is -2.26. The Balaban J connectivity index is 0.00000423. The van der Waals surface area contributed by atoms with Crippen LogP contribution in [0, 0.1) is 0 Å². The van der Waals surface area contributed by atoms with E-state index >= 15 is 0 Å². The number of methoxy groups -OCH3 is 1. The van der Waals surface area contributed by atoms with Crippen LogP contribution in [0.3, 0.4) is 0 Å². The average Bonchev–Trinajstić information content (AvgIpc) is 3.58. The van der Waals surface area contributed by atoms with E-state index in [1.54, 1.807) is 30.1 Å². The number of carbonyl (C=O) groups excluding carboxylic acids is 1. The standard InChI is InChI=1S/C30H35N9O3.H2/c1-7-26(41)32-22-15-23(25(42-6)16-24(22)37(4)13-12-36(2)3)33-30-34-27(21-9-11-39(18-40)29(21)35-30)20-14-19-8-10-38(5)28(19)31-17-20;/h7-11,14-17,40H,1,12-13,18H2,2-6H3,(H,32,41)(H,33,34,35);1H. The monoisotopic (exact) mass is 571 g/mol. The highest BCUT2D eigenvalue weighted by Gasteiger charge is 2.19. The highest BCUT2D eigenvalue weighted by Crippen LogP contribution is 2.39. The van der Waals surface area contributed by atoms with Gasteiger partial charge in [-0.15, -0.1) is 0 Å². The van der Waals surface area contributed by atoms with Crippen molar-refractivity contribution in [2.24, 2.45) is 7.05 Å². The van der Waals surface area contributed by atoms with Crippen LogP contribution < -0.4 is 20.3 Å². The Hall–Kier alpha value is -4.94. The van der Waals surface area contributed by atoms with E-state index in [4.69, 9.17) is 14.7 Å². The minimum absolute atomic E-state index is 0. The van der Waals surface area contributed by atoms with Crippen LogP contribution >= 0.6 is 0 Å². The largest absolute Gasteiger partial charge is 0.494 e. The zero-order valence-electron chi connectivity index (χ0n) is 24.4. The number of nitrogens with one attached hydrogen (secondary N) is 2. The number of aliphatic hydroxyl groups is 1. The maximum Gasteiger partial charge on any atom is 0.247 e. The van der Waals surface area contributed by atoms with Crippen LogP contribution in [-0.4, -0.2) is 81.3 Å². The van der Waals surface area contributed by atoms with Crippen LogP contribution in [0.5, 0.6) is 5.75 Å². The molecule has 0 aliphatic carbocycles. The second kappa shape index (κ2) is 11.9. The van der Waals surface area contributed by atoms with Gasteiger partial charge in [0.05, 0.1) is 29.9 Å². The number of pyridine rings is 1. The molecule has 5 aromatic rings. The molecule has 42 heavy (non-hydrogen) atoms. The number of aryl methyl sites for hydroxylation is 1. The first kappa shape index (κ1) is 28.6. The first-order valence-electron chi connectivity index (χ1n) is 13.4. The maximum absolute atomic E-state index is 12.4. The third-order valence-corrected chi connectivity index (χ3v) is 7.05. The van der Waals surface area contributed by atoms with Gasteiger partial charge in [-0.3, -0.25) is 4.79 Å². The molecule has 3 N–H and O–H groups in total. The van der Waals surface area contributed by atoms with Crippen molar-refractivity contribution >= 4 is 51.0 Å². The van der Waals surface area contributed by atoms with E-state index in [2.05, 4.69) is 27.1 Å². The summed E-state index contributed by atoms with van der Waals surface area (Å²) in [6.45, 7) is 4.89. The average molecular weight is 572 g/mol. The molecule has 12 nitrogen and oxygen atoms in total. The third kappa shape index (κ3) is 5.62. The van der Waals surface area contributed by atoms with Gasteiger partial charge < -0.3 is 39.4 Å². The number of fused-ring (bicyclic) bond motifs is 2. The number of ether oxygens (including phenoxy) is 1. The molecule has 0 aliphatic rings. The van der Waals surface area contributed by atoms with Gasteiger partial charge in [0.1, 0.15) is 23.8 Å². The lowest BCUT2D eigenvalue weighted by atomic mass is 10.1. The second-order valence-corrected chi connectivity index (χ2v) is 10.2. The van der Waals surface area contributed by atoms with Crippen molar-refractivity contribution in [3.8, 4) is 17.0 Å². The molecular formula is C30H37N9O3. The predicted molar refractivity (Wildman–Crippen MR) is 168 cm³/mol. The molecule has 1 amide bonds. The summed E-state index contributed by atoms with van der Waals surface area (Å²) >= 11 is 0. The fourth-order valence-corrected chi connectivity index (χ4v) is 4.77. The number of likely N-dealkylation sites (N-methyl/N-ethyl adjacent to an activating group) is 2. The number of anilines is 4. The fraction of sp³-hybridized carbons (Fsp3) is 0.267. The van der Waals surface area contributed by atoms with Crippen LogP contribution in [0.15, 0.2) is 61.6 Å². The van der Waals surface area contributed by atoms with Crippen LogP contribution in [0.4, 0.5) is 23.0 Å². The topological polar surface area (TPSA) is 126 Å². The minimum atomic E-state index is -0.335. The Morgan fingerprint density at radius 3 is 2.64 bits per heavy atom. The zero-order chi connectivity index (χ0) is 30.0. The van der Waals surface area contributed by atoms with Gasteiger partial charge >= 0.3 is 0 Å². The van der Waals surface area contributed by atoms with E-state index in [9.17, 15) is 9.90 Å². The number of benzene rings is 1. The highest BCUT2D eigenvalue weighted by molar-refractivity contribution is 6.02. The first-order chi connectivity index (χ1) is 20.2.